The van der Waals surface area contributed by atoms with Gasteiger partial charge in [0.2, 0.25) is 0 Å². The van der Waals surface area contributed by atoms with Crippen molar-refractivity contribution in [3.8, 4) is 6.07 Å². The molecular weight excluding hydrogens is 328 g/mol. The van der Waals surface area contributed by atoms with E-state index in [1.807, 2.05) is 37.3 Å². The van der Waals surface area contributed by atoms with E-state index in [-0.39, 0.29) is 24.9 Å². The first-order valence-corrected chi connectivity index (χ1v) is 8.51. The lowest BCUT2D eigenvalue weighted by molar-refractivity contribution is -0.862. The third-order valence-corrected chi connectivity index (χ3v) is 3.89. The van der Waals surface area contributed by atoms with Gasteiger partial charge in [-0.05, 0) is 42.3 Å². The predicted octanol–water partition coefficient (Wildman–Crippen LogP) is 1.21. The molecule has 6 nitrogen and oxygen atoms in total. The van der Waals surface area contributed by atoms with Gasteiger partial charge in [0.05, 0.1) is 18.7 Å². The first kappa shape index (κ1) is 19.2. The van der Waals surface area contributed by atoms with Gasteiger partial charge in [-0.3, -0.25) is 9.59 Å². The lowest BCUT2D eigenvalue weighted by Gasteiger charge is -2.15. The minimum absolute atomic E-state index is 0.130. The molecule has 3 N–H and O–H groups in total. The number of amides is 2. The number of anilines is 2. The van der Waals surface area contributed by atoms with Crippen LogP contribution in [0.4, 0.5) is 11.4 Å². The van der Waals surface area contributed by atoms with Gasteiger partial charge in [0.15, 0.2) is 13.1 Å². The van der Waals surface area contributed by atoms with Crippen LogP contribution in [0.2, 0.25) is 0 Å². The van der Waals surface area contributed by atoms with Crippen LogP contribution in [0.3, 0.4) is 0 Å². The highest BCUT2D eigenvalue weighted by Gasteiger charge is 2.15. The van der Waals surface area contributed by atoms with Gasteiger partial charge >= 0.3 is 0 Å². The molecule has 0 saturated heterocycles. The van der Waals surface area contributed by atoms with E-state index in [9.17, 15) is 9.59 Å². The van der Waals surface area contributed by atoms with Crippen LogP contribution in [0.25, 0.3) is 0 Å². The van der Waals surface area contributed by atoms with Crippen molar-refractivity contribution >= 4 is 23.2 Å². The van der Waals surface area contributed by atoms with Crippen LogP contribution in [0.5, 0.6) is 0 Å². The Hall–Kier alpha value is -3.17. The number of benzene rings is 2. The second-order valence-corrected chi connectivity index (χ2v) is 6.11. The van der Waals surface area contributed by atoms with E-state index in [0.717, 1.165) is 22.6 Å². The van der Waals surface area contributed by atoms with Crippen molar-refractivity contribution in [1.82, 2.24) is 0 Å². The molecule has 1 atom stereocenters. The van der Waals surface area contributed by atoms with Gasteiger partial charge in [0, 0.05) is 11.4 Å². The Bertz CT molecular complexity index is 809. The van der Waals surface area contributed by atoms with Crippen molar-refractivity contribution in [2.75, 3.05) is 30.8 Å². The summed E-state index contributed by atoms with van der Waals surface area (Å²) in [6.45, 7) is 2.40. The average molecular weight is 351 g/mol. The molecule has 26 heavy (non-hydrogen) atoms. The minimum atomic E-state index is -0.186. The highest BCUT2D eigenvalue weighted by atomic mass is 16.2. The molecule has 0 bridgehead atoms. The number of nitrogens with zero attached hydrogens (tertiary/aromatic N) is 1. The van der Waals surface area contributed by atoms with Crippen LogP contribution < -0.4 is 15.5 Å². The number of aryl methyl sites for hydroxylation is 1. The maximum absolute atomic E-state index is 12.2. The van der Waals surface area contributed by atoms with E-state index in [1.54, 1.807) is 31.3 Å². The smallest absolute Gasteiger partial charge is 0.279 e. The molecular formula is C20H23N4O2+. The second-order valence-electron chi connectivity index (χ2n) is 6.11. The fourth-order valence-electron chi connectivity index (χ4n) is 2.59. The van der Waals surface area contributed by atoms with E-state index < -0.39 is 0 Å². The number of nitriles is 1. The molecule has 0 aliphatic heterocycles. The molecule has 0 aromatic heterocycles. The molecule has 2 aromatic rings. The number of quaternary nitrogens is 1. The Balaban J connectivity index is 1.83. The van der Waals surface area contributed by atoms with Crippen molar-refractivity contribution in [3.63, 3.8) is 0 Å². The molecule has 0 spiro atoms. The van der Waals surface area contributed by atoms with Gasteiger partial charge in [0.25, 0.3) is 11.8 Å². The molecule has 0 heterocycles. The van der Waals surface area contributed by atoms with E-state index in [0.29, 0.717) is 11.3 Å². The summed E-state index contributed by atoms with van der Waals surface area (Å²) in [7, 11) is 1.80. The Morgan fingerprint density at radius 3 is 2.23 bits per heavy atom. The number of carbonyl (C=O) groups excluding carboxylic acids is 2. The summed E-state index contributed by atoms with van der Waals surface area (Å²) >= 11 is 0. The summed E-state index contributed by atoms with van der Waals surface area (Å²) in [6, 6.07) is 16.4. The summed E-state index contributed by atoms with van der Waals surface area (Å²) in [6.07, 6.45) is 0.839. The standard InChI is InChI=1S/C20H22N4O2/c1-3-16-6-4-5-7-18(16)23-20(26)14-24(2)13-19(25)22-17-10-8-15(12-21)9-11-17/h4-11H,3,13-14H2,1-2H3,(H,22,25)(H,23,26)/p+1. The van der Waals surface area contributed by atoms with E-state index in [4.69, 9.17) is 5.26 Å². The number of hydrogen-bond acceptors (Lipinski definition) is 3. The summed E-state index contributed by atoms with van der Waals surface area (Å²) in [5.74, 6) is -0.316. The highest BCUT2D eigenvalue weighted by molar-refractivity contribution is 5.93. The third-order valence-electron chi connectivity index (χ3n) is 3.89. The highest BCUT2D eigenvalue weighted by Crippen LogP contribution is 2.14. The summed E-state index contributed by atoms with van der Waals surface area (Å²) in [5, 5.41) is 14.4. The molecule has 0 saturated carbocycles. The molecule has 0 radical (unpaired) electrons. The lowest BCUT2D eigenvalue weighted by atomic mass is 10.1. The monoisotopic (exact) mass is 351 g/mol. The Morgan fingerprint density at radius 2 is 1.62 bits per heavy atom. The fraction of sp³-hybridized carbons (Fsp3) is 0.250. The Kier molecular flexibility index (Phi) is 6.89. The number of nitrogens with one attached hydrogen (secondary N) is 3. The zero-order chi connectivity index (χ0) is 18.9. The van der Waals surface area contributed by atoms with Crippen LogP contribution in [0, 0.1) is 11.3 Å². The maximum Gasteiger partial charge on any atom is 0.279 e. The van der Waals surface area contributed by atoms with Gasteiger partial charge in [-0.2, -0.15) is 5.26 Å². The lowest BCUT2D eigenvalue weighted by Crippen LogP contribution is -3.11. The third kappa shape index (κ3) is 5.72. The topological polar surface area (TPSA) is 86.4 Å². The van der Waals surface area contributed by atoms with Gasteiger partial charge < -0.3 is 15.5 Å². The van der Waals surface area contributed by atoms with Crippen LogP contribution in [-0.4, -0.2) is 32.0 Å². The van der Waals surface area contributed by atoms with Crippen molar-refractivity contribution in [3.05, 3.63) is 59.7 Å². The first-order valence-electron chi connectivity index (χ1n) is 8.51. The van der Waals surface area contributed by atoms with Crippen molar-refractivity contribution < 1.29 is 14.5 Å². The Labute approximate surface area is 153 Å². The molecule has 0 aliphatic rings. The molecule has 6 heteroatoms. The summed E-state index contributed by atoms with van der Waals surface area (Å²) in [5.41, 5.74) is 3.06. The van der Waals surface area contributed by atoms with Gasteiger partial charge in [0.1, 0.15) is 0 Å². The van der Waals surface area contributed by atoms with Crippen LogP contribution >= 0.6 is 0 Å². The summed E-state index contributed by atoms with van der Waals surface area (Å²) in [4.78, 5) is 25.1. The SMILES string of the molecule is CCc1ccccc1NC(=O)C[NH+](C)CC(=O)Nc1ccc(C#N)cc1. The van der Waals surface area contributed by atoms with Gasteiger partial charge in [-0.15, -0.1) is 0 Å². The normalized spacial score (nSPS) is 11.3. The van der Waals surface area contributed by atoms with E-state index in [1.165, 1.54) is 0 Å². The fourth-order valence-corrected chi connectivity index (χ4v) is 2.59. The predicted molar refractivity (Wildman–Crippen MR) is 101 cm³/mol. The average Bonchev–Trinajstić information content (AvgIpc) is 2.62. The molecule has 2 rings (SSSR count). The second kappa shape index (κ2) is 9.35. The molecule has 0 fully saturated rings. The van der Waals surface area contributed by atoms with Gasteiger partial charge in [-0.25, -0.2) is 0 Å². The van der Waals surface area contributed by atoms with E-state index in [2.05, 4.69) is 10.6 Å². The first-order chi connectivity index (χ1) is 12.5. The number of likely N-dealkylation sites (N-methyl/N-ethyl adjacent to an activating group) is 1. The van der Waals surface area contributed by atoms with Crippen LogP contribution in [0.15, 0.2) is 48.5 Å². The van der Waals surface area contributed by atoms with Crippen LogP contribution in [-0.2, 0) is 16.0 Å². The summed E-state index contributed by atoms with van der Waals surface area (Å²) < 4.78 is 0. The zero-order valence-electron chi connectivity index (χ0n) is 15.0. The van der Waals surface area contributed by atoms with Crippen molar-refractivity contribution in [1.29, 1.82) is 5.26 Å². The number of para-hydroxylation sites is 1. The van der Waals surface area contributed by atoms with E-state index >= 15 is 0 Å². The zero-order valence-corrected chi connectivity index (χ0v) is 15.0. The number of hydrogen-bond donors (Lipinski definition) is 3. The molecule has 134 valence electrons. The molecule has 1 unspecified atom stereocenters. The van der Waals surface area contributed by atoms with Gasteiger partial charge in [-0.1, -0.05) is 25.1 Å². The van der Waals surface area contributed by atoms with Crippen LogP contribution in [0.1, 0.15) is 18.1 Å². The maximum atomic E-state index is 12.2. The largest absolute Gasteiger partial charge is 0.322 e. The molecule has 0 aliphatic carbocycles. The number of rotatable bonds is 7. The molecule has 2 aromatic carbocycles. The minimum Gasteiger partial charge on any atom is -0.322 e. The van der Waals surface area contributed by atoms with Crippen molar-refractivity contribution in [2.45, 2.75) is 13.3 Å². The quantitative estimate of drug-likeness (QED) is 0.701. The molecule has 2 amide bonds. The van der Waals surface area contributed by atoms with Crippen molar-refractivity contribution in [2.24, 2.45) is 0 Å². The Morgan fingerprint density at radius 1 is 1.00 bits per heavy atom. The number of carbonyl (C=O) groups is 2.